The molecule has 4 N–H and O–H groups in total. The number of hydrogen-bond donors (Lipinski definition) is 4. The number of carbonyl (C=O) groups excluding carboxylic acids is 2. The van der Waals surface area contributed by atoms with E-state index in [-0.39, 0.29) is 34.6 Å². The molecule has 0 spiro atoms. The summed E-state index contributed by atoms with van der Waals surface area (Å²) in [5, 5.41) is 15.4. The zero-order valence-electron chi connectivity index (χ0n) is 23.1. The Hall–Kier alpha value is -5.13. The van der Waals surface area contributed by atoms with E-state index in [0.29, 0.717) is 34.0 Å². The summed E-state index contributed by atoms with van der Waals surface area (Å²) in [5.74, 6) is -0.629. The molecule has 1 fully saturated rings. The first kappa shape index (κ1) is 21.0. The van der Waals surface area contributed by atoms with Crippen molar-refractivity contribution >= 4 is 29.0 Å². The third-order valence-electron chi connectivity index (χ3n) is 5.83. The number of carbonyl (C=O) groups is 2. The Balaban J connectivity index is 1.50. The molecular formula is C26H24N8O4. The lowest BCUT2D eigenvalue weighted by atomic mass is 10.1. The summed E-state index contributed by atoms with van der Waals surface area (Å²) < 4.78 is 27.8. The number of aromatic amines is 1. The Kier molecular flexibility index (Phi) is 5.78. The molecule has 0 radical (unpaired) electrons. The molecule has 0 atom stereocenters. The van der Waals surface area contributed by atoms with Gasteiger partial charge >= 0.3 is 0 Å². The van der Waals surface area contributed by atoms with E-state index in [4.69, 9.17) is 8.85 Å². The molecule has 0 unspecified atom stereocenters. The maximum absolute atomic E-state index is 12.8. The van der Waals surface area contributed by atoms with Crippen LogP contribution in [0.3, 0.4) is 0 Å². The fourth-order valence-electron chi connectivity index (χ4n) is 3.78. The molecule has 1 saturated carbocycles. The number of methoxy groups -OCH3 is 1. The number of nitrogens with zero attached hydrogens (tertiary/aromatic N) is 4. The van der Waals surface area contributed by atoms with Crippen molar-refractivity contribution in [3.05, 3.63) is 71.0 Å². The van der Waals surface area contributed by atoms with Crippen molar-refractivity contribution in [1.82, 2.24) is 30.5 Å². The lowest BCUT2D eigenvalue weighted by molar-refractivity contribution is -0.117. The Bertz CT molecular complexity index is 1670. The van der Waals surface area contributed by atoms with E-state index in [0.717, 1.165) is 12.8 Å². The third kappa shape index (κ3) is 5.05. The van der Waals surface area contributed by atoms with E-state index in [2.05, 4.69) is 35.8 Å². The lowest BCUT2D eigenvalue weighted by Gasteiger charge is -2.16. The van der Waals surface area contributed by atoms with Crippen molar-refractivity contribution in [1.29, 1.82) is 0 Å². The van der Waals surface area contributed by atoms with Gasteiger partial charge in [0.2, 0.25) is 5.91 Å². The fourth-order valence-corrected chi connectivity index (χ4v) is 3.78. The molecule has 3 heterocycles. The van der Waals surface area contributed by atoms with Gasteiger partial charge in [-0.2, -0.15) is 0 Å². The highest BCUT2D eigenvalue weighted by molar-refractivity contribution is 6.00. The van der Waals surface area contributed by atoms with Crippen LogP contribution in [0.1, 0.15) is 27.4 Å². The van der Waals surface area contributed by atoms with Crippen molar-refractivity contribution in [3.63, 3.8) is 0 Å². The van der Waals surface area contributed by atoms with Gasteiger partial charge in [0.1, 0.15) is 0 Å². The largest absolute Gasteiger partial charge is 0.494 e. The zero-order chi connectivity index (χ0) is 29.1. The highest BCUT2D eigenvalue weighted by Gasteiger charge is 2.30. The van der Waals surface area contributed by atoms with E-state index in [1.807, 2.05) is 5.32 Å². The smallest absolute Gasteiger partial charge is 0.273 e. The van der Waals surface area contributed by atoms with Crippen molar-refractivity contribution < 1.29 is 18.4 Å². The summed E-state index contributed by atoms with van der Waals surface area (Å²) >= 11 is 0. The molecule has 0 saturated heterocycles. The minimum atomic E-state index is -2.76. The molecule has 1 aromatic carbocycles. The van der Waals surface area contributed by atoms with Crippen LogP contribution in [0.2, 0.25) is 0 Å². The number of hydrogen-bond acceptors (Lipinski definition) is 9. The number of para-hydroxylation sites is 1. The molecule has 12 heteroatoms. The molecule has 0 aliphatic heterocycles. The third-order valence-corrected chi connectivity index (χ3v) is 5.83. The van der Waals surface area contributed by atoms with Gasteiger partial charge < -0.3 is 25.7 Å². The summed E-state index contributed by atoms with van der Waals surface area (Å²) in [4.78, 5) is 48.6. The predicted molar refractivity (Wildman–Crippen MR) is 140 cm³/mol. The second-order valence-electron chi connectivity index (χ2n) is 8.43. The van der Waals surface area contributed by atoms with E-state index in [9.17, 15) is 14.4 Å². The van der Waals surface area contributed by atoms with Crippen LogP contribution in [0.25, 0.3) is 22.5 Å². The highest BCUT2D eigenvalue weighted by Crippen LogP contribution is 2.37. The van der Waals surface area contributed by atoms with Gasteiger partial charge in [-0.25, -0.2) is 9.97 Å². The number of rotatable bonds is 8. The van der Waals surface area contributed by atoms with Gasteiger partial charge in [-0.3, -0.25) is 14.4 Å². The van der Waals surface area contributed by atoms with E-state index < -0.39 is 12.9 Å². The van der Waals surface area contributed by atoms with E-state index in [1.165, 1.54) is 31.8 Å². The summed E-state index contributed by atoms with van der Waals surface area (Å²) in [6.45, 7) is -2.76. The first-order chi connectivity index (χ1) is 19.6. The van der Waals surface area contributed by atoms with Crippen molar-refractivity contribution in [2.75, 3.05) is 24.7 Å². The number of ether oxygens (including phenoxy) is 1. The zero-order valence-corrected chi connectivity index (χ0v) is 20.1. The van der Waals surface area contributed by atoms with Crippen LogP contribution in [0, 0.1) is 5.92 Å². The normalized spacial score (nSPS) is 14.0. The quantitative estimate of drug-likeness (QED) is 0.276. The van der Waals surface area contributed by atoms with Crippen LogP contribution < -0.4 is 26.2 Å². The Morgan fingerprint density at radius 1 is 1.08 bits per heavy atom. The summed E-state index contributed by atoms with van der Waals surface area (Å²) in [6.07, 6.45) is 6.12. The van der Waals surface area contributed by atoms with Crippen molar-refractivity contribution in [3.8, 4) is 28.3 Å². The number of anilines is 3. The van der Waals surface area contributed by atoms with Crippen LogP contribution in [0.5, 0.6) is 5.75 Å². The van der Waals surface area contributed by atoms with Gasteiger partial charge in [0.15, 0.2) is 23.1 Å². The minimum Gasteiger partial charge on any atom is -0.494 e. The lowest BCUT2D eigenvalue weighted by Crippen LogP contribution is -2.22. The van der Waals surface area contributed by atoms with Gasteiger partial charge in [0.05, 0.1) is 29.6 Å². The topological polar surface area (TPSA) is 164 Å². The molecule has 38 heavy (non-hydrogen) atoms. The number of H-pyrrole nitrogens is 1. The average Bonchev–Trinajstić information content (AvgIpc) is 3.79. The molecule has 1 aliphatic rings. The summed E-state index contributed by atoms with van der Waals surface area (Å²) in [6, 6.07) is 9.83. The second-order valence-corrected chi connectivity index (χ2v) is 8.43. The Morgan fingerprint density at radius 3 is 2.58 bits per heavy atom. The molecule has 0 bridgehead atoms. The second kappa shape index (κ2) is 10.5. The van der Waals surface area contributed by atoms with E-state index >= 15 is 0 Å². The van der Waals surface area contributed by atoms with Crippen LogP contribution in [0.4, 0.5) is 17.2 Å². The number of benzene rings is 1. The Labute approximate surface area is 221 Å². The molecule has 5 rings (SSSR count). The first-order valence-electron chi connectivity index (χ1n) is 13.1. The van der Waals surface area contributed by atoms with Gasteiger partial charge in [-0.05, 0) is 37.1 Å². The van der Waals surface area contributed by atoms with Crippen LogP contribution in [0.15, 0.2) is 59.8 Å². The van der Waals surface area contributed by atoms with Crippen molar-refractivity contribution in [2.24, 2.45) is 5.92 Å². The number of aromatic nitrogens is 5. The number of pyridine rings is 1. The van der Waals surface area contributed by atoms with Crippen LogP contribution >= 0.6 is 0 Å². The van der Waals surface area contributed by atoms with Gasteiger partial charge in [0.25, 0.3) is 11.5 Å². The maximum atomic E-state index is 12.8. The Morgan fingerprint density at radius 2 is 1.87 bits per heavy atom. The maximum Gasteiger partial charge on any atom is 0.273 e. The first-order valence-corrected chi connectivity index (χ1v) is 11.6. The van der Waals surface area contributed by atoms with Crippen LogP contribution in [-0.4, -0.2) is 51.0 Å². The molecule has 4 aromatic rings. The number of nitrogens with one attached hydrogen (secondary N) is 4. The average molecular weight is 516 g/mol. The van der Waals surface area contributed by atoms with Crippen molar-refractivity contribution in [2.45, 2.75) is 12.8 Å². The SMILES string of the molecule is [2H]C([2H])([2H])NC(=O)c1nnc(NC(=O)C2CC2)cc1Nc1cccc(-c2ncc(-c3ccc[nH]c3=O)cn2)c1OC. The molecular weight excluding hydrogens is 488 g/mol. The molecule has 192 valence electrons. The number of amides is 2. The predicted octanol–water partition coefficient (Wildman–Crippen LogP) is 2.75. The standard InChI is InChI=1S/C26H24N8O4/c1-27-26(37)21-19(11-20(33-34-21)32-24(35)14-8-9-14)31-18-7-3-5-17(22(18)38-2)23-29-12-15(13-30-23)16-6-4-10-28-25(16)36/h3-7,10-14H,8-9H2,1-2H3,(H,27,37)(H,28,36)(H2,31,32,33,35)/i1D3. The molecule has 3 aromatic heterocycles. The molecule has 2 amide bonds. The minimum absolute atomic E-state index is 0.0721. The van der Waals surface area contributed by atoms with Gasteiger partial charge in [-0.1, -0.05) is 6.07 Å². The van der Waals surface area contributed by atoms with Crippen LogP contribution in [-0.2, 0) is 4.79 Å². The van der Waals surface area contributed by atoms with Gasteiger partial charge in [-0.15, -0.1) is 10.2 Å². The van der Waals surface area contributed by atoms with E-state index in [1.54, 1.807) is 30.3 Å². The summed E-state index contributed by atoms with van der Waals surface area (Å²) in [5.41, 5.74) is 1.28. The fraction of sp³-hybridized carbons (Fsp3) is 0.192. The monoisotopic (exact) mass is 515 g/mol. The summed E-state index contributed by atoms with van der Waals surface area (Å²) in [7, 11) is 1.44. The molecule has 1 aliphatic carbocycles. The highest BCUT2D eigenvalue weighted by atomic mass is 16.5. The molecule has 12 nitrogen and oxygen atoms in total. The van der Waals surface area contributed by atoms with Gasteiger partial charge in [0, 0.05) is 47.2 Å².